The Hall–Kier alpha value is -2.15. The lowest BCUT2D eigenvalue weighted by Gasteiger charge is -2.15. The topological polar surface area (TPSA) is 68.5 Å². The molecule has 0 radical (unpaired) electrons. The zero-order valence-corrected chi connectivity index (χ0v) is 13.6. The van der Waals surface area contributed by atoms with E-state index in [2.05, 4.69) is 4.98 Å². The summed E-state index contributed by atoms with van der Waals surface area (Å²) in [6.07, 6.45) is 0.560. The van der Waals surface area contributed by atoms with Crippen LogP contribution in [-0.4, -0.2) is 35.7 Å². The fraction of sp³-hybridized carbons (Fsp3) is 0.375. The molecule has 1 aliphatic heterocycles. The molecule has 0 spiro atoms. The second-order valence-corrected chi connectivity index (χ2v) is 6.46. The molecule has 2 aromatic rings. The summed E-state index contributed by atoms with van der Waals surface area (Å²) in [5, 5.41) is 0.480. The Balaban J connectivity index is 1.84. The van der Waals surface area contributed by atoms with Gasteiger partial charge in [-0.2, -0.15) is 0 Å². The Morgan fingerprint density at radius 3 is 2.91 bits per heavy atom. The third kappa shape index (κ3) is 3.29. The highest BCUT2D eigenvalue weighted by molar-refractivity contribution is 7.15. The Morgan fingerprint density at radius 2 is 2.22 bits per heavy atom. The van der Waals surface area contributed by atoms with Crippen LogP contribution >= 0.6 is 11.3 Å². The van der Waals surface area contributed by atoms with E-state index in [-0.39, 0.29) is 17.8 Å². The van der Waals surface area contributed by atoms with E-state index in [1.54, 1.807) is 24.0 Å². The van der Waals surface area contributed by atoms with Gasteiger partial charge in [0.25, 0.3) is 0 Å². The van der Waals surface area contributed by atoms with Crippen molar-refractivity contribution in [1.82, 2.24) is 9.88 Å². The van der Waals surface area contributed by atoms with Gasteiger partial charge in [0.2, 0.25) is 0 Å². The summed E-state index contributed by atoms with van der Waals surface area (Å²) in [4.78, 5) is 19.0. The van der Waals surface area contributed by atoms with Crippen LogP contribution in [0.3, 0.4) is 0 Å². The van der Waals surface area contributed by atoms with Crippen molar-refractivity contribution in [2.75, 3.05) is 25.4 Å². The molecule has 5 nitrogen and oxygen atoms in total. The molecular formula is C16H18FN3O2S. The van der Waals surface area contributed by atoms with E-state index in [1.807, 2.05) is 0 Å². The van der Waals surface area contributed by atoms with E-state index in [4.69, 9.17) is 10.5 Å². The smallest absolute Gasteiger partial charge is 0.409 e. The second kappa shape index (κ2) is 6.54. The number of nitrogen functional groups attached to an aromatic ring is 1. The van der Waals surface area contributed by atoms with Crippen LogP contribution in [0.2, 0.25) is 0 Å². The van der Waals surface area contributed by atoms with Crippen LogP contribution < -0.4 is 5.73 Å². The number of aromatic nitrogens is 1. The van der Waals surface area contributed by atoms with E-state index in [1.165, 1.54) is 23.5 Å². The minimum atomic E-state index is -0.284. The number of thiazole rings is 1. The maximum atomic E-state index is 13.1. The number of halogens is 1. The molecule has 1 atom stereocenters. The molecular weight excluding hydrogens is 317 g/mol. The van der Waals surface area contributed by atoms with Crippen LogP contribution in [0.4, 0.5) is 14.3 Å². The van der Waals surface area contributed by atoms with Crippen LogP contribution in [-0.2, 0) is 4.74 Å². The normalized spacial score (nSPS) is 17.5. The lowest BCUT2D eigenvalue weighted by molar-refractivity contribution is 0.115. The molecule has 1 aromatic carbocycles. The average Bonchev–Trinajstić information content (AvgIpc) is 3.15. The van der Waals surface area contributed by atoms with Crippen molar-refractivity contribution in [2.24, 2.45) is 0 Å². The minimum Gasteiger partial charge on any atom is -0.450 e. The number of carbonyl (C=O) groups is 1. The third-order valence-electron chi connectivity index (χ3n) is 3.87. The quantitative estimate of drug-likeness (QED) is 0.932. The van der Waals surface area contributed by atoms with Crippen LogP contribution in [0.15, 0.2) is 24.3 Å². The molecule has 23 heavy (non-hydrogen) atoms. The van der Waals surface area contributed by atoms with Gasteiger partial charge >= 0.3 is 6.09 Å². The summed E-state index contributed by atoms with van der Waals surface area (Å²) in [7, 11) is 0. The number of rotatable bonds is 3. The van der Waals surface area contributed by atoms with Crippen molar-refractivity contribution in [2.45, 2.75) is 19.3 Å². The second-order valence-electron chi connectivity index (χ2n) is 5.40. The van der Waals surface area contributed by atoms with Gasteiger partial charge in [-0.1, -0.05) is 0 Å². The average molecular weight is 335 g/mol. The molecule has 3 rings (SSSR count). The first-order valence-electron chi connectivity index (χ1n) is 7.52. The van der Waals surface area contributed by atoms with Gasteiger partial charge in [0.1, 0.15) is 5.82 Å². The van der Waals surface area contributed by atoms with E-state index < -0.39 is 0 Å². The van der Waals surface area contributed by atoms with Gasteiger partial charge in [-0.3, -0.25) is 0 Å². The molecule has 122 valence electrons. The van der Waals surface area contributed by atoms with Crippen molar-refractivity contribution in [3.8, 4) is 11.3 Å². The summed E-state index contributed by atoms with van der Waals surface area (Å²) in [5.74, 6) is -0.109. The summed E-state index contributed by atoms with van der Waals surface area (Å²) in [6, 6.07) is 6.22. The molecule has 7 heteroatoms. The summed E-state index contributed by atoms with van der Waals surface area (Å²) in [6.45, 7) is 3.41. The van der Waals surface area contributed by atoms with Gasteiger partial charge in [-0.15, -0.1) is 11.3 Å². The first-order valence-corrected chi connectivity index (χ1v) is 8.34. The maximum Gasteiger partial charge on any atom is 0.409 e. The predicted octanol–water partition coefficient (Wildman–Crippen LogP) is 3.48. The third-order valence-corrected chi connectivity index (χ3v) is 4.92. The number of hydrogen-bond donors (Lipinski definition) is 1. The Kier molecular flexibility index (Phi) is 4.47. The maximum absolute atomic E-state index is 13.1. The minimum absolute atomic E-state index is 0.175. The van der Waals surface area contributed by atoms with Crippen molar-refractivity contribution >= 4 is 22.6 Å². The molecule has 1 fully saturated rings. The highest BCUT2D eigenvalue weighted by Crippen LogP contribution is 2.39. The number of anilines is 1. The monoisotopic (exact) mass is 335 g/mol. The number of ether oxygens (including phenoxy) is 1. The van der Waals surface area contributed by atoms with Crippen molar-refractivity contribution in [3.05, 3.63) is 35.0 Å². The Bertz CT molecular complexity index is 702. The molecule has 0 bridgehead atoms. The molecule has 1 amide bonds. The molecule has 0 saturated carbocycles. The predicted molar refractivity (Wildman–Crippen MR) is 87.9 cm³/mol. The molecule has 0 aliphatic carbocycles. The van der Waals surface area contributed by atoms with E-state index >= 15 is 0 Å². The first kappa shape index (κ1) is 15.7. The van der Waals surface area contributed by atoms with Gasteiger partial charge in [-0.05, 0) is 37.6 Å². The lowest BCUT2D eigenvalue weighted by atomic mass is 10.0. The largest absolute Gasteiger partial charge is 0.450 e. The van der Waals surface area contributed by atoms with Gasteiger partial charge in [0.15, 0.2) is 5.13 Å². The summed E-state index contributed by atoms with van der Waals surface area (Å²) < 4.78 is 18.2. The number of nitrogens with zero attached hydrogens (tertiary/aromatic N) is 2. The Labute approximate surface area is 137 Å². The van der Waals surface area contributed by atoms with Crippen LogP contribution in [0.1, 0.15) is 24.1 Å². The van der Waals surface area contributed by atoms with Crippen molar-refractivity contribution in [1.29, 1.82) is 0 Å². The fourth-order valence-corrected chi connectivity index (χ4v) is 3.78. The molecule has 1 saturated heterocycles. The molecule has 2 heterocycles. The van der Waals surface area contributed by atoms with Crippen molar-refractivity contribution < 1.29 is 13.9 Å². The van der Waals surface area contributed by atoms with Gasteiger partial charge in [0.05, 0.1) is 12.3 Å². The van der Waals surface area contributed by atoms with Gasteiger partial charge in [0, 0.05) is 29.4 Å². The van der Waals surface area contributed by atoms with E-state index in [9.17, 15) is 9.18 Å². The standard InChI is InChI=1S/C16H18FN3O2S/c1-2-22-16(21)20-8-7-11(9-20)14-13(19-15(18)23-14)10-3-5-12(17)6-4-10/h3-6,11H,2,7-9H2,1H3,(H2,18,19). The zero-order valence-electron chi connectivity index (χ0n) is 12.8. The summed E-state index contributed by atoms with van der Waals surface area (Å²) in [5.41, 5.74) is 7.50. The fourth-order valence-electron chi connectivity index (χ4n) is 2.80. The van der Waals surface area contributed by atoms with Crippen LogP contribution in [0.5, 0.6) is 0 Å². The Morgan fingerprint density at radius 1 is 1.48 bits per heavy atom. The number of benzene rings is 1. The molecule has 2 N–H and O–H groups in total. The number of carbonyl (C=O) groups excluding carboxylic acids is 1. The number of hydrogen-bond acceptors (Lipinski definition) is 5. The van der Waals surface area contributed by atoms with Crippen LogP contribution in [0, 0.1) is 5.82 Å². The molecule has 1 aromatic heterocycles. The van der Waals surface area contributed by atoms with Gasteiger partial charge in [-0.25, -0.2) is 14.2 Å². The highest BCUT2D eigenvalue weighted by Gasteiger charge is 2.31. The zero-order chi connectivity index (χ0) is 16.4. The molecule has 1 unspecified atom stereocenters. The van der Waals surface area contributed by atoms with E-state index in [0.717, 1.165) is 22.6 Å². The molecule has 1 aliphatic rings. The van der Waals surface area contributed by atoms with Crippen LogP contribution in [0.25, 0.3) is 11.3 Å². The number of amides is 1. The SMILES string of the molecule is CCOC(=O)N1CCC(c2sc(N)nc2-c2ccc(F)cc2)C1. The number of nitrogens with two attached hydrogens (primary N) is 1. The lowest BCUT2D eigenvalue weighted by Crippen LogP contribution is -2.29. The van der Waals surface area contributed by atoms with E-state index in [0.29, 0.717) is 24.8 Å². The van der Waals surface area contributed by atoms with Gasteiger partial charge < -0.3 is 15.4 Å². The number of likely N-dealkylation sites (tertiary alicyclic amines) is 1. The first-order chi connectivity index (χ1) is 11.1. The highest BCUT2D eigenvalue weighted by atomic mass is 32.1. The summed E-state index contributed by atoms with van der Waals surface area (Å²) >= 11 is 1.43. The van der Waals surface area contributed by atoms with Crippen molar-refractivity contribution in [3.63, 3.8) is 0 Å².